The molecule has 15 atom stereocenters. The lowest BCUT2D eigenvalue weighted by Gasteiger charge is -2.49. The Labute approximate surface area is 619 Å². The van der Waals surface area contributed by atoms with Crippen LogP contribution in [0.25, 0.3) is 0 Å². The van der Waals surface area contributed by atoms with Gasteiger partial charge in [0.2, 0.25) is 0 Å². The van der Waals surface area contributed by atoms with Crippen LogP contribution in [0.4, 0.5) is 0 Å². The first-order chi connectivity index (χ1) is 51.8. The lowest BCUT2D eigenvalue weighted by atomic mass is 9.96. The molecular formula is C86H92O18S. The molecule has 3 aliphatic heterocycles. The fraction of sp³-hybridized carbons (Fsp3) is 0.349. The Hall–Kier alpha value is -8.29. The number of esters is 2. The second kappa shape index (κ2) is 41.0. The zero-order valence-electron chi connectivity index (χ0n) is 59.1. The molecule has 18 nitrogen and oxygen atoms in total. The van der Waals surface area contributed by atoms with Crippen LogP contribution < -0.4 is 0 Å². The zero-order valence-corrected chi connectivity index (χ0v) is 59.9. The second-order valence-electron chi connectivity index (χ2n) is 25.8. The van der Waals surface area contributed by atoms with Gasteiger partial charge in [-0.1, -0.05) is 273 Å². The minimum Gasteiger partial charge on any atom is -0.468 e. The first-order valence-electron chi connectivity index (χ1n) is 35.7. The van der Waals surface area contributed by atoms with E-state index in [0.29, 0.717) is 0 Å². The summed E-state index contributed by atoms with van der Waals surface area (Å²) >= 11 is 1.24. The average Bonchev–Trinajstić information content (AvgIpc) is 0.790. The van der Waals surface area contributed by atoms with E-state index in [1.165, 1.54) is 25.8 Å². The molecule has 3 fully saturated rings. The van der Waals surface area contributed by atoms with E-state index in [1.54, 1.807) is 0 Å². The van der Waals surface area contributed by atoms with Crippen molar-refractivity contribution in [2.24, 2.45) is 0 Å². The van der Waals surface area contributed by atoms with Crippen molar-refractivity contribution in [1.29, 1.82) is 0 Å². The Bertz CT molecular complexity index is 3900. The summed E-state index contributed by atoms with van der Waals surface area (Å²) in [5.41, 5.74) is 7.29. The van der Waals surface area contributed by atoms with Gasteiger partial charge < -0.3 is 75.8 Å². The molecule has 0 radical (unpaired) electrons. The Morgan fingerprint density at radius 3 is 0.781 bits per heavy atom. The maximum absolute atomic E-state index is 13.2. The summed E-state index contributed by atoms with van der Waals surface area (Å²) in [4.78, 5) is 26.1. The van der Waals surface area contributed by atoms with Crippen molar-refractivity contribution >= 4 is 23.7 Å². The third kappa shape index (κ3) is 23.1. The number of thioether (sulfide) groups is 1. The van der Waals surface area contributed by atoms with Crippen LogP contribution in [-0.4, -0.2) is 136 Å². The van der Waals surface area contributed by atoms with Gasteiger partial charge in [0.15, 0.2) is 12.6 Å². The Morgan fingerprint density at radius 1 is 0.286 bits per heavy atom. The molecule has 19 heteroatoms. The van der Waals surface area contributed by atoms with Crippen LogP contribution in [0.5, 0.6) is 0 Å². The van der Waals surface area contributed by atoms with E-state index in [4.69, 9.17) is 75.8 Å². The number of carbonyl (C=O) groups excluding carboxylic acids is 2. The van der Waals surface area contributed by atoms with Crippen LogP contribution in [0.15, 0.2) is 273 Å². The number of carbonyl (C=O) groups is 2. The van der Waals surface area contributed by atoms with Gasteiger partial charge in [-0.2, -0.15) is 0 Å². The topological polar surface area (TPSA) is 182 Å². The second-order valence-corrected chi connectivity index (χ2v) is 26.9. The number of rotatable bonds is 38. The van der Waals surface area contributed by atoms with E-state index in [9.17, 15) is 9.59 Å². The number of benzene rings is 9. The lowest BCUT2D eigenvalue weighted by Crippen LogP contribution is -2.64. The summed E-state index contributed by atoms with van der Waals surface area (Å²) in [7, 11) is 1.36. The summed E-state index contributed by atoms with van der Waals surface area (Å²) in [6, 6.07) is 88.7. The molecule has 0 unspecified atom stereocenters. The van der Waals surface area contributed by atoms with E-state index >= 15 is 0 Å². The number of ether oxygens (including phenoxy) is 16. The molecule has 0 N–H and O–H groups in total. The quantitative estimate of drug-likeness (QED) is 0.0333. The molecule has 0 amide bonds. The van der Waals surface area contributed by atoms with Crippen molar-refractivity contribution in [2.75, 3.05) is 32.7 Å². The predicted molar refractivity (Wildman–Crippen MR) is 394 cm³/mol. The van der Waals surface area contributed by atoms with E-state index in [0.717, 1.165) is 50.1 Å². The highest BCUT2D eigenvalue weighted by Crippen LogP contribution is 2.39. The minimum atomic E-state index is -1.26. The molecule has 3 heterocycles. The Balaban J connectivity index is 0.937. The SMILES string of the molecule is COC(=O)CS[C@H]1O[C@H](CO[C@H]2O[C@H](CO[C@H]3O[C@H](COC(C)=O)[C@@H](OCc4ccccc4)[C@H](OCc4ccccc4)[C@H]3OCc3ccccc3)[C@@H](OCc3ccccc3)[C@H](OCc3ccccc3)[C@H]2OCc2ccccc2)[C@@H](OCc2ccccc2)[C@H](OCc2ccccc2)[C@H]1OCc1ccccc1. The summed E-state index contributed by atoms with van der Waals surface area (Å²) in [5.74, 6) is -1.03. The zero-order chi connectivity index (χ0) is 72.0. The summed E-state index contributed by atoms with van der Waals surface area (Å²) in [5, 5.41) is 0. The first-order valence-corrected chi connectivity index (χ1v) is 36.7. The van der Waals surface area contributed by atoms with Gasteiger partial charge >= 0.3 is 11.9 Å². The molecule has 550 valence electrons. The third-order valence-electron chi connectivity index (χ3n) is 18.2. The van der Waals surface area contributed by atoms with Crippen LogP contribution in [0.3, 0.4) is 0 Å². The molecular weight excluding hydrogens is 1350 g/mol. The molecule has 9 aromatic rings. The summed E-state index contributed by atoms with van der Waals surface area (Å²) in [6.45, 7) is 2.14. The molecule has 0 spiro atoms. The van der Waals surface area contributed by atoms with Gasteiger partial charge in [0.1, 0.15) is 85.3 Å². The smallest absolute Gasteiger partial charge is 0.315 e. The van der Waals surface area contributed by atoms with Crippen LogP contribution in [0, 0.1) is 0 Å². The van der Waals surface area contributed by atoms with Gasteiger partial charge in [-0.05, 0) is 50.1 Å². The highest BCUT2D eigenvalue weighted by atomic mass is 32.2. The number of methoxy groups -OCH3 is 1. The van der Waals surface area contributed by atoms with Gasteiger partial charge in [0.05, 0.1) is 85.5 Å². The molecule has 105 heavy (non-hydrogen) atoms. The number of hydrogen-bond acceptors (Lipinski definition) is 19. The van der Waals surface area contributed by atoms with Gasteiger partial charge in [-0.3, -0.25) is 9.59 Å². The normalized spacial score (nSPS) is 24.5. The predicted octanol–water partition coefficient (Wildman–Crippen LogP) is 13.9. The van der Waals surface area contributed by atoms with Crippen molar-refractivity contribution in [3.63, 3.8) is 0 Å². The van der Waals surface area contributed by atoms with E-state index in [-0.39, 0.29) is 85.0 Å². The van der Waals surface area contributed by atoms with Gasteiger partial charge in [0.25, 0.3) is 0 Å². The largest absolute Gasteiger partial charge is 0.468 e. The molecule has 0 aromatic heterocycles. The standard InChI is InChI=1S/C86H92O18S/c1-61(87)90-57-71-75(91-48-62-30-12-3-13-31-62)78(94-51-65-36-18-6-19-37-65)81(97-54-68-42-24-9-25-43-68)84(102-71)100-58-72-76(92-49-63-32-14-4-15-33-63)79(95-52-66-38-20-7-21-39-66)82(98-55-69-44-26-10-27-45-69)85(103-72)101-59-73-77(93-50-64-34-16-5-17-35-64)80(96-53-67-40-22-8-23-41-67)83(86(104-73)105-60-74(88)89-2)99-56-70-46-28-11-29-47-70/h3-47,71-73,75-86H,48-60H2,1-2H3/t71-,72-,73-,75-,76-,77-,78+,79+,80+,81-,82-,83-,84+,85+,86-/m1/s1. The molecule has 9 aromatic carbocycles. The van der Waals surface area contributed by atoms with Crippen LogP contribution in [-0.2, 0) is 145 Å². The number of hydrogen-bond donors (Lipinski definition) is 0. The maximum atomic E-state index is 13.2. The van der Waals surface area contributed by atoms with Gasteiger partial charge in [0, 0.05) is 6.92 Å². The first kappa shape index (κ1) is 76.4. The summed E-state index contributed by atoms with van der Waals surface area (Å²) in [6.07, 6.45) is -13.6. The Morgan fingerprint density at radius 2 is 0.514 bits per heavy atom. The van der Waals surface area contributed by atoms with Gasteiger partial charge in [-0.15, -0.1) is 11.8 Å². The molecule has 3 saturated heterocycles. The fourth-order valence-electron chi connectivity index (χ4n) is 12.8. The van der Waals surface area contributed by atoms with Crippen LogP contribution in [0.1, 0.15) is 57.0 Å². The minimum absolute atomic E-state index is 0.0663. The van der Waals surface area contributed by atoms with E-state index < -0.39 is 103 Å². The highest BCUT2D eigenvalue weighted by Gasteiger charge is 2.54. The fourth-order valence-corrected chi connectivity index (χ4v) is 13.9. The van der Waals surface area contributed by atoms with Crippen molar-refractivity contribution in [3.8, 4) is 0 Å². The van der Waals surface area contributed by atoms with E-state index in [1.807, 2.05) is 273 Å². The van der Waals surface area contributed by atoms with Crippen molar-refractivity contribution in [1.82, 2.24) is 0 Å². The molecule has 12 rings (SSSR count). The molecule has 0 saturated carbocycles. The monoisotopic (exact) mass is 1440 g/mol. The van der Waals surface area contributed by atoms with Crippen LogP contribution >= 0.6 is 11.8 Å². The molecule has 3 aliphatic rings. The Kier molecular flexibility index (Phi) is 29.8. The van der Waals surface area contributed by atoms with E-state index in [2.05, 4.69) is 0 Å². The van der Waals surface area contributed by atoms with Gasteiger partial charge in [-0.25, -0.2) is 0 Å². The molecule has 0 aliphatic carbocycles. The van der Waals surface area contributed by atoms with Crippen molar-refractivity contribution in [2.45, 2.75) is 158 Å². The van der Waals surface area contributed by atoms with Crippen molar-refractivity contribution < 1.29 is 85.4 Å². The van der Waals surface area contributed by atoms with Crippen molar-refractivity contribution in [3.05, 3.63) is 323 Å². The summed E-state index contributed by atoms with van der Waals surface area (Å²) < 4.78 is 111. The lowest BCUT2D eigenvalue weighted by molar-refractivity contribution is -0.356. The third-order valence-corrected chi connectivity index (χ3v) is 19.3. The molecule has 0 bridgehead atoms. The van der Waals surface area contributed by atoms with Crippen LogP contribution in [0.2, 0.25) is 0 Å². The maximum Gasteiger partial charge on any atom is 0.315 e. The average molecular weight is 1450 g/mol. The highest BCUT2D eigenvalue weighted by molar-refractivity contribution is 8.00.